The highest BCUT2D eigenvalue weighted by molar-refractivity contribution is 6.34. The monoisotopic (exact) mass is 237 g/mol. The third-order valence-electron chi connectivity index (χ3n) is 2.52. The Labute approximate surface area is 96.7 Å². The molecule has 0 bridgehead atoms. The minimum atomic E-state index is 0.199. The lowest BCUT2D eigenvalue weighted by Gasteiger charge is -2.08. The number of aromatic nitrogens is 1. The van der Waals surface area contributed by atoms with Crippen molar-refractivity contribution >= 4 is 22.4 Å². The van der Waals surface area contributed by atoms with Crippen LogP contribution in [-0.4, -0.2) is 18.9 Å². The number of hydrogen-bond acceptors (Lipinski definition) is 4. The van der Waals surface area contributed by atoms with Crippen LogP contribution in [0, 0.1) is 0 Å². The fourth-order valence-electron chi connectivity index (χ4n) is 1.79. The van der Waals surface area contributed by atoms with Gasteiger partial charge in [0, 0.05) is 17.0 Å². The van der Waals surface area contributed by atoms with Crippen LogP contribution in [0.1, 0.15) is 0 Å². The second-order valence-corrected chi connectivity index (χ2v) is 3.70. The van der Waals surface area contributed by atoms with E-state index in [9.17, 15) is 0 Å². The Hall–Kier alpha value is -1.68. The number of ether oxygens (including phenoxy) is 3. The molecule has 0 spiro atoms. The normalized spacial score (nSPS) is 13.1. The van der Waals surface area contributed by atoms with E-state index in [4.69, 9.17) is 25.8 Å². The number of fused-ring (bicyclic) bond motifs is 3. The zero-order valence-corrected chi connectivity index (χ0v) is 9.25. The van der Waals surface area contributed by atoms with Gasteiger partial charge in [-0.25, -0.2) is 4.98 Å². The Balaban J connectivity index is 2.43. The lowest BCUT2D eigenvalue weighted by atomic mass is 10.1. The SMILES string of the molecule is COc1cc2c(Cl)nccc2c2c1OCO2. The highest BCUT2D eigenvalue weighted by Crippen LogP contribution is 2.47. The Morgan fingerprint density at radius 1 is 1.31 bits per heavy atom. The third-order valence-corrected chi connectivity index (χ3v) is 2.82. The molecule has 2 heterocycles. The van der Waals surface area contributed by atoms with Gasteiger partial charge in [0.2, 0.25) is 12.5 Å². The summed E-state index contributed by atoms with van der Waals surface area (Å²) in [6.07, 6.45) is 1.64. The van der Waals surface area contributed by atoms with Gasteiger partial charge in [-0.05, 0) is 12.1 Å². The summed E-state index contributed by atoms with van der Waals surface area (Å²) in [5, 5.41) is 2.10. The highest BCUT2D eigenvalue weighted by Gasteiger charge is 2.23. The van der Waals surface area contributed by atoms with Gasteiger partial charge in [0.1, 0.15) is 5.15 Å². The molecule has 0 atom stereocenters. The average Bonchev–Trinajstić information content (AvgIpc) is 2.78. The number of halogens is 1. The molecule has 3 rings (SSSR count). The van der Waals surface area contributed by atoms with E-state index in [2.05, 4.69) is 4.98 Å². The zero-order chi connectivity index (χ0) is 11.1. The van der Waals surface area contributed by atoms with Gasteiger partial charge < -0.3 is 14.2 Å². The third kappa shape index (κ3) is 1.20. The number of pyridine rings is 1. The molecule has 0 saturated carbocycles. The van der Waals surface area contributed by atoms with E-state index in [1.165, 1.54) is 0 Å². The van der Waals surface area contributed by atoms with Gasteiger partial charge >= 0.3 is 0 Å². The van der Waals surface area contributed by atoms with Gasteiger partial charge in [-0.2, -0.15) is 0 Å². The van der Waals surface area contributed by atoms with Crippen LogP contribution in [0.25, 0.3) is 10.8 Å². The van der Waals surface area contributed by atoms with Crippen molar-refractivity contribution in [3.8, 4) is 17.2 Å². The molecule has 0 aliphatic carbocycles. The molecule has 82 valence electrons. The summed E-state index contributed by atoms with van der Waals surface area (Å²) in [4.78, 5) is 4.02. The van der Waals surface area contributed by atoms with E-state index in [0.717, 1.165) is 10.8 Å². The van der Waals surface area contributed by atoms with Gasteiger partial charge in [-0.3, -0.25) is 0 Å². The highest BCUT2D eigenvalue weighted by atomic mass is 35.5. The van der Waals surface area contributed by atoms with Crippen LogP contribution in [0.15, 0.2) is 18.3 Å². The number of benzene rings is 1. The molecule has 0 N–H and O–H groups in total. The van der Waals surface area contributed by atoms with Crippen molar-refractivity contribution in [1.82, 2.24) is 4.98 Å². The number of hydrogen-bond donors (Lipinski definition) is 0. The summed E-state index contributed by atoms with van der Waals surface area (Å²) in [6, 6.07) is 3.65. The molecule has 1 aromatic heterocycles. The van der Waals surface area contributed by atoms with Crippen LogP contribution in [-0.2, 0) is 0 Å². The Morgan fingerprint density at radius 3 is 2.94 bits per heavy atom. The second-order valence-electron chi connectivity index (χ2n) is 3.34. The molecule has 0 fully saturated rings. The fourth-order valence-corrected chi connectivity index (χ4v) is 2.01. The quantitative estimate of drug-likeness (QED) is 0.715. The minimum absolute atomic E-state index is 0.199. The van der Waals surface area contributed by atoms with Crippen LogP contribution in [0.4, 0.5) is 0 Å². The molecular formula is C11H8ClNO3. The van der Waals surface area contributed by atoms with Crippen LogP contribution < -0.4 is 14.2 Å². The summed E-state index contributed by atoms with van der Waals surface area (Å²) < 4.78 is 16.0. The Morgan fingerprint density at radius 2 is 2.12 bits per heavy atom. The van der Waals surface area contributed by atoms with Gasteiger partial charge in [0.25, 0.3) is 0 Å². The van der Waals surface area contributed by atoms with Crippen LogP contribution in [0.5, 0.6) is 17.2 Å². The smallest absolute Gasteiger partial charge is 0.231 e. The van der Waals surface area contributed by atoms with E-state index in [-0.39, 0.29) is 6.79 Å². The molecular weight excluding hydrogens is 230 g/mol. The maximum absolute atomic E-state index is 6.02. The molecule has 5 heteroatoms. The van der Waals surface area contributed by atoms with Gasteiger partial charge in [-0.1, -0.05) is 11.6 Å². The zero-order valence-electron chi connectivity index (χ0n) is 8.49. The molecule has 1 aliphatic rings. The van der Waals surface area contributed by atoms with Crippen molar-refractivity contribution < 1.29 is 14.2 Å². The van der Waals surface area contributed by atoms with E-state index in [1.54, 1.807) is 19.4 Å². The van der Waals surface area contributed by atoms with Crippen LogP contribution in [0.3, 0.4) is 0 Å². The second kappa shape index (κ2) is 3.42. The Bertz CT molecular complexity index is 571. The lowest BCUT2D eigenvalue weighted by molar-refractivity contribution is 0.172. The van der Waals surface area contributed by atoms with E-state index in [1.807, 2.05) is 6.07 Å². The topological polar surface area (TPSA) is 40.6 Å². The van der Waals surface area contributed by atoms with Crippen LogP contribution in [0.2, 0.25) is 5.15 Å². The first-order valence-corrected chi connectivity index (χ1v) is 5.10. The molecule has 0 saturated heterocycles. The number of nitrogens with zero attached hydrogens (tertiary/aromatic N) is 1. The number of methoxy groups -OCH3 is 1. The van der Waals surface area contributed by atoms with Crippen molar-refractivity contribution in [2.75, 3.05) is 13.9 Å². The summed E-state index contributed by atoms with van der Waals surface area (Å²) >= 11 is 6.02. The largest absolute Gasteiger partial charge is 0.493 e. The summed E-state index contributed by atoms with van der Waals surface area (Å²) in [7, 11) is 1.58. The maximum Gasteiger partial charge on any atom is 0.231 e. The average molecular weight is 238 g/mol. The van der Waals surface area contributed by atoms with Crippen molar-refractivity contribution in [2.24, 2.45) is 0 Å². The molecule has 1 aliphatic heterocycles. The fraction of sp³-hybridized carbons (Fsp3) is 0.182. The minimum Gasteiger partial charge on any atom is -0.493 e. The first-order valence-electron chi connectivity index (χ1n) is 4.72. The van der Waals surface area contributed by atoms with Gasteiger partial charge in [0.05, 0.1) is 7.11 Å². The first-order chi connectivity index (χ1) is 7.81. The Kier molecular flexibility index (Phi) is 2.04. The van der Waals surface area contributed by atoms with E-state index >= 15 is 0 Å². The molecule has 0 radical (unpaired) electrons. The van der Waals surface area contributed by atoms with Crippen molar-refractivity contribution in [3.63, 3.8) is 0 Å². The van der Waals surface area contributed by atoms with Crippen molar-refractivity contribution in [3.05, 3.63) is 23.5 Å². The van der Waals surface area contributed by atoms with Gasteiger partial charge in [-0.15, -0.1) is 0 Å². The van der Waals surface area contributed by atoms with Crippen molar-refractivity contribution in [1.29, 1.82) is 0 Å². The van der Waals surface area contributed by atoms with Crippen molar-refractivity contribution in [2.45, 2.75) is 0 Å². The maximum atomic E-state index is 6.02. The van der Waals surface area contributed by atoms with E-state index < -0.39 is 0 Å². The summed E-state index contributed by atoms with van der Waals surface area (Å²) in [5.74, 6) is 1.89. The van der Waals surface area contributed by atoms with Crippen LogP contribution >= 0.6 is 11.6 Å². The summed E-state index contributed by atoms with van der Waals surface area (Å²) in [5.41, 5.74) is 0. The molecule has 0 amide bonds. The number of rotatable bonds is 1. The standard InChI is InChI=1S/C11H8ClNO3/c1-14-8-4-7-6(2-3-13-11(7)12)9-10(8)16-5-15-9/h2-4H,5H2,1H3. The predicted octanol–water partition coefficient (Wildman–Crippen LogP) is 2.63. The first kappa shape index (κ1) is 9.54. The molecule has 0 unspecified atom stereocenters. The molecule has 1 aromatic carbocycles. The lowest BCUT2D eigenvalue weighted by Crippen LogP contribution is -1.93. The summed E-state index contributed by atoms with van der Waals surface area (Å²) in [6.45, 7) is 0.199. The van der Waals surface area contributed by atoms with E-state index in [0.29, 0.717) is 22.4 Å². The van der Waals surface area contributed by atoms with Gasteiger partial charge in [0.15, 0.2) is 11.5 Å². The predicted molar refractivity (Wildman–Crippen MR) is 59.4 cm³/mol. The molecule has 4 nitrogen and oxygen atoms in total. The molecule has 16 heavy (non-hydrogen) atoms. The molecule has 2 aromatic rings.